The summed E-state index contributed by atoms with van der Waals surface area (Å²) in [5.74, 6) is 0. The molecular weight excluding hydrogens is 172 g/mol. The number of hydrogen-bond donors (Lipinski definition) is 1. The fourth-order valence-corrected chi connectivity index (χ4v) is 1.90. The highest BCUT2D eigenvalue weighted by atomic mass is 14.6. The molecule has 1 aliphatic carbocycles. The van der Waals surface area contributed by atoms with Crippen LogP contribution in [0.1, 0.15) is 23.1 Å². The molecule has 14 heavy (non-hydrogen) atoms. The van der Waals surface area contributed by atoms with Crippen molar-refractivity contribution in [1.82, 2.24) is 0 Å². The fourth-order valence-electron chi connectivity index (χ4n) is 1.90. The van der Waals surface area contributed by atoms with Crippen LogP contribution in [0, 0.1) is 11.3 Å². The molecule has 0 fully saturated rings. The maximum Gasteiger partial charge on any atom is 0.0933 e. The lowest BCUT2D eigenvalue weighted by molar-refractivity contribution is 0.911. The quantitative estimate of drug-likeness (QED) is 0.678. The molecule has 1 aliphatic rings. The van der Waals surface area contributed by atoms with Gasteiger partial charge in [0.2, 0.25) is 0 Å². The molecule has 0 saturated carbocycles. The first kappa shape index (κ1) is 8.83. The molecule has 0 amide bonds. The zero-order valence-corrected chi connectivity index (χ0v) is 7.96. The molecule has 0 atom stereocenters. The van der Waals surface area contributed by atoms with Gasteiger partial charge in [-0.3, -0.25) is 0 Å². The standard InChI is InChI=1S/C12H12N2/c13-7-6-12(14)11-5-4-9-2-1-3-10(9)8-11/h4-6,8H,1-3,14H2/b12-6+. The Labute approximate surface area is 83.7 Å². The van der Waals surface area contributed by atoms with Crippen LogP contribution in [-0.2, 0) is 12.8 Å². The SMILES string of the molecule is N#C/C=C(/N)c1ccc2c(c1)CCC2. The van der Waals surface area contributed by atoms with Crippen molar-refractivity contribution in [2.75, 3.05) is 0 Å². The van der Waals surface area contributed by atoms with E-state index in [0.717, 1.165) is 12.0 Å². The van der Waals surface area contributed by atoms with Crippen molar-refractivity contribution in [2.45, 2.75) is 19.3 Å². The summed E-state index contributed by atoms with van der Waals surface area (Å²) in [5.41, 5.74) is 10.1. The summed E-state index contributed by atoms with van der Waals surface area (Å²) in [6.07, 6.45) is 4.94. The molecule has 0 unspecified atom stereocenters. The molecule has 0 radical (unpaired) electrons. The van der Waals surface area contributed by atoms with Gasteiger partial charge in [0.25, 0.3) is 0 Å². The summed E-state index contributed by atoms with van der Waals surface area (Å²) >= 11 is 0. The topological polar surface area (TPSA) is 49.8 Å². The zero-order valence-electron chi connectivity index (χ0n) is 7.96. The molecule has 2 nitrogen and oxygen atoms in total. The van der Waals surface area contributed by atoms with Gasteiger partial charge in [0.1, 0.15) is 0 Å². The Bertz CT molecular complexity index is 424. The molecule has 1 aromatic carbocycles. The predicted octanol–water partition coefficient (Wildman–Crippen LogP) is 2.00. The Hall–Kier alpha value is -1.75. The number of nitrogens with zero attached hydrogens (tertiary/aromatic N) is 1. The number of fused-ring (bicyclic) bond motifs is 1. The first-order chi connectivity index (χ1) is 6.81. The Morgan fingerprint density at radius 2 is 2.14 bits per heavy atom. The molecule has 1 aromatic rings. The van der Waals surface area contributed by atoms with E-state index in [1.54, 1.807) is 0 Å². The van der Waals surface area contributed by atoms with Crippen LogP contribution >= 0.6 is 0 Å². The second-order valence-corrected chi connectivity index (χ2v) is 3.57. The van der Waals surface area contributed by atoms with Gasteiger partial charge in [0.15, 0.2) is 0 Å². The number of benzene rings is 1. The van der Waals surface area contributed by atoms with Crippen molar-refractivity contribution in [2.24, 2.45) is 5.73 Å². The van der Waals surface area contributed by atoms with Crippen molar-refractivity contribution in [3.05, 3.63) is 41.0 Å². The van der Waals surface area contributed by atoms with Gasteiger partial charge in [0.05, 0.1) is 6.07 Å². The first-order valence-corrected chi connectivity index (χ1v) is 4.78. The van der Waals surface area contributed by atoms with Crippen LogP contribution in [0.4, 0.5) is 0 Å². The van der Waals surface area contributed by atoms with E-state index in [1.807, 2.05) is 12.1 Å². The largest absolute Gasteiger partial charge is 0.398 e. The summed E-state index contributed by atoms with van der Waals surface area (Å²) in [4.78, 5) is 0. The van der Waals surface area contributed by atoms with Crippen molar-refractivity contribution >= 4 is 5.70 Å². The van der Waals surface area contributed by atoms with E-state index in [0.29, 0.717) is 5.70 Å². The number of rotatable bonds is 1. The van der Waals surface area contributed by atoms with Crippen molar-refractivity contribution in [1.29, 1.82) is 5.26 Å². The number of aryl methyl sites for hydroxylation is 2. The first-order valence-electron chi connectivity index (χ1n) is 4.78. The van der Waals surface area contributed by atoms with Gasteiger partial charge in [-0.2, -0.15) is 5.26 Å². The smallest absolute Gasteiger partial charge is 0.0933 e. The van der Waals surface area contributed by atoms with Gasteiger partial charge in [-0.1, -0.05) is 12.1 Å². The van der Waals surface area contributed by atoms with Crippen LogP contribution in [0.2, 0.25) is 0 Å². The number of nitrogens with two attached hydrogens (primary N) is 1. The summed E-state index contributed by atoms with van der Waals surface area (Å²) in [5, 5.41) is 8.49. The van der Waals surface area contributed by atoms with E-state index in [1.165, 1.54) is 30.0 Å². The summed E-state index contributed by atoms with van der Waals surface area (Å²) in [7, 11) is 0. The lowest BCUT2D eigenvalue weighted by Crippen LogP contribution is -1.97. The lowest BCUT2D eigenvalue weighted by Gasteiger charge is -2.03. The second-order valence-electron chi connectivity index (χ2n) is 3.57. The highest BCUT2D eigenvalue weighted by Crippen LogP contribution is 2.24. The van der Waals surface area contributed by atoms with Crippen LogP contribution in [0.3, 0.4) is 0 Å². The second kappa shape index (κ2) is 3.55. The van der Waals surface area contributed by atoms with Crippen LogP contribution in [0.25, 0.3) is 5.70 Å². The van der Waals surface area contributed by atoms with Crippen molar-refractivity contribution in [3.8, 4) is 6.07 Å². The highest BCUT2D eigenvalue weighted by molar-refractivity contribution is 5.66. The molecule has 0 spiro atoms. The Balaban J connectivity index is 2.39. The average molecular weight is 184 g/mol. The Morgan fingerprint density at radius 1 is 1.36 bits per heavy atom. The zero-order chi connectivity index (χ0) is 9.97. The molecule has 2 rings (SSSR count). The third-order valence-corrected chi connectivity index (χ3v) is 2.65. The minimum absolute atomic E-state index is 0.558. The van der Waals surface area contributed by atoms with E-state index in [4.69, 9.17) is 11.0 Å². The summed E-state index contributed by atoms with van der Waals surface area (Å²) in [6, 6.07) is 8.16. The van der Waals surface area contributed by atoms with E-state index < -0.39 is 0 Å². The number of nitriles is 1. The fraction of sp³-hybridized carbons (Fsp3) is 0.250. The van der Waals surface area contributed by atoms with Gasteiger partial charge in [-0.15, -0.1) is 0 Å². The lowest BCUT2D eigenvalue weighted by atomic mass is 10.0. The maximum atomic E-state index is 8.49. The number of hydrogen-bond acceptors (Lipinski definition) is 2. The molecule has 0 saturated heterocycles. The van der Waals surface area contributed by atoms with Gasteiger partial charge < -0.3 is 5.73 Å². The van der Waals surface area contributed by atoms with Crippen molar-refractivity contribution < 1.29 is 0 Å². The molecule has 70 valence electrons. The monoisotopic (exact) mass is 184 g/mol. The van der Waals surface area contributed by atoms with Gasteiger partial charge in [-0.25, -0.2) is 0 Å². The van der Waals surface area contributed by atoms with Crippen molar-refractivity contribution in [3.63, 3.8) is 0 Å². The molecule has 0 heterocycles. The molecule has 0 bridgehead atoms. The molecule has 0 aromatic heterocycles. The molecule has 2 N–H and O–H groups in total. The number of allylic oxidation sites excluding steroid dienone is 1. The van der Waals surface area contributed by atoms with E-state index in [2.05, 4.69) is 12.1 Å². The van der Waals surface area contributed by atoms with Crippen LogP contribution in [0.15, 0.2) is 24.3 Å². The van der Waals surface area contributed by atoms with Crippen LogP contribution in [0.5, 0.6) is 0 Å². The highest BCUT2D eigenvalue weighted by Gasteiger charge is 2.11. The third-order valence-electron chi connectivity index (χ3n) is 2.65. The average Bonchev–Trinajstić information content (AvgIpc) is 2.64. The Kier molecular flexibility index (Phi) is 2.24. The van der Waals surface area contributed by atoms with Gasteiger partial charge >= 0.3 is 0 Å². The van der Waals surface area contributed by atoms with Gasteiger partial charge in [0, 0.05) is 11.8 Å². The summed E-state index contributed by atoms with van der Waals surface area (Å²) in [6.45, 7) is 0. The molecular formula is C12H12N2. The van der Waals surface area contributed by atoms with Crippen LogP contribution in [-0.4, -0.2) is 0 Å². The van der Waals surface area contributed by atoms with Crippen LogP contribution < -0.4 is 5.73 Å². The maximum absolute atomic E-state index is 8.49. The predicted molar refractivity (Wildman–Crippen MR) is 56.2 cm³/mol. The molecule has 2 heteroatoms. The summed E-state index contributed by atoms with van der Waals surface area (Å²) < 4.78 is 0. The van der Waals surface area contributed by atoms with Gasteiger partial charge in [-0.05, 0) is 42.0 Å². The van der Waals surface area contributed by atoms with E-state index in [-0.39, 0.29) is 0 Å². The minimum Gasteiger partial charge on any atom is -0.398 e. The minimum atomic E-state index is 0.558. The molecule has 0 aliphatic heterocycles. The third kappa shape index (κ3) is 1.49. The van der Waals surface area contributed by atoms with E-state index >= 15 is 0 Å². The normalized spacial score (nSPS) is 14.9. The Morgan fingerprint density at radius 3 is 2.93 bits per heavy atom. The van der Waals surface area contributed by atoms with E-state index in [9.17, 15) is 0 Å².